The molecule has 0 amide bonds. The average molecular weight is 1200 g/mol. The molecule has 0 atom stereocenters. The summed E-state index contributed by atoms with van der Waals surface area (Å²) in [6.45, 7) is 18.6. The van der Waals surface area contributed by atoms with Gasteiger partial charge in [-0.15, -0.1) is 0 Å². The highest BCUT2D eigenvalue weighted by Crippen LogP contribution is 2.56. The minimum absolute atomic E-state index is 0.179. The van der Waals surface area contributed by atoms with Gasteiger partial charge in [-0.2, -0.15) is 0 Å². The fourth-order valence-corrected chi connectivity index (χ4v) is 14.9. The Balaban J connectivity index is 1.10. The molecule has 3 aliphatic heterocycles. The van der Waals surface area contributed by atoms with Gasteiger partial charge >= 0.3 is 0 Å². The van der Waals surface area contributed by atoms with Gasteiger partial charge in [0, 0.05) is 61.5 Å². The van der Waals surface area contributed by atoms with Crippen LogP contribution in [0.5, 0.6) is 11.5 Å². The summed E-state index contributed by atoms with van der Waals surface area (Å²) < 4.78 is 7.07. The van der Waals surface area contributed by atoms with Crippen molar-refractivity contribution in [1.29, 1.82) is 0 Å². The Morgan fingerprint density at radius 3 is 1.02 bits per heavy atom. The molecule has 13 aromatic carbocycles. The van der Waals surface area contributed by atoms with Crippen molar-refractivity contribution in [3.8, 4) is 89.4 Å². The maximum absolute atomic E-state index is 7.07. The zero-order valence-corrected chi connectivity index (χ0v) is 54.2. The van der Waals surface area contributed by atoms with E-state index in [1.54, 1.807) is 0 Å². The van der Waals surface area contributed by atoms with Crippen LogP contribution in [0, 0.1) is 0 Å². The van der Waals surface area contributed by atoms with Crippen LogP contribution in [0.4, 0.5) is 34.1 Å². The molecule has 0 unspecified atom stereocenters. The highest BCUT2D eigenvalue weighted by Gasteiger charge is 2.46. The molecule has 0 aromatic heterocycles. The normalized spacial score (nSPS) is 13.5. The SMILES string of the molecule is CC(C)(C)c1ccc2c(c1)N(c1c(-c3ccccc3)cc(-c3ccccc3)cc1-c1ccccc1)c1cc(-c3ccc4c(c3)Oc3ccccc3C4(C)C)cc3c1B2c1ccc(C(C)(C)C)cc1N3c1c(-c2ccccc2)cc(-c2ccccc2)cc1-c1ccccc1. The van der Waals surface area contributed by atoms with Crippen LogP contribution in [-0.4, -0.2) is 6.71 Å². The van der Waals surface area contributed by atoms with Crippen LogP contribution in [0.1, 0.15) is 77.6 Å². The first-order valence-electron chi connectivity index (χ1n) is 32.8. The van der Waals surface area contributed by atoms with E-state index in [1.165, 1.54) is 44.5 Å². The second-order valence-corrected chi connectivity index (χ2v) is 28.0. The van der Waals surface area contributed by atoms with E-state index in [-0.39, 0.29) is 23.0 Å². The second-order valence-electron chi connectivity index (χ2n) is 28.0. The zero-order chi connectivity index (χ0) is 63.3. The molecule has 0 fully saturated rings. The van der Waals surface area contributed by atoms with E-state index < -0.39 is 0 Å². The van der Waals surface area contributed by atoms with Crippen molar-refractivity contribution in [1.82, 2.24) is 0 Å². The van der Waals surface area contributed by atoms with Crippen molar-refractivity contribution >= 4 is 57.2 Å². The quantitative estimate of drug-likeness (QED) is 0.134. The Hall–Kier alpha value is -10.7. The summed E-state index contributed by atoms with van der Waals surface area (Å²) >= 11 is 0. The largest absolute Gasteiger partial charge is 0.457 e. The molecule has 0 spiro atoms. The van der Waals surface area contributed by atoms with Gasteiger partial charge in [0.2, 0.25) is 0 Å². The lowest BCUT2D eigenvalue weighted by atomic mass is 9.33. The Morgan fingerprint density at radius 1 is 0.290 bits per heavy atom. The highest BCUT2D eigenvalue weighted by molar-refractivity contribution is 7.00. The molecule has 13 aromatic rings. The second kappa shape index (κ2) is 22.3. The van der Waals surface area contributed by atoms with Crippen molar-refractivity contribution in [2.45, 2.75) is 71.6 Å². The molecule has 3 aliphatic rings. The molecule has 0 aliphatic carbocycles. The number of nitrogens with zero attached hydrogens (tertiary/aromatic N) is 2. The zero-order valence-electron chi connectivity index (χ0n) is 54.2. The fourth-order valence-electron chi connectivity index (χ4n) is 14.9. The third-order valence-corrected chi connectivity index (χ3v) is 19.8. The Morgan fingerprint density at radius 2 is 0.634 bits per heavy atom. The van der Waals surface area contributed by atoms with E-state index in [2.05, 4.69) is 362 Å². The first-order chi connectivity index (χ1) is 45.2. The number of benzene rings is 13. The molecule has 448 valence electrons. The number of fused-ring (bicyclic) bond motifs is 6. The van der Waals surface area contributed by atoms with Crippen LogP contribution in [0.25, 0.3) is 77.9 Å². The predicted molar refractivity (Wildman–Crippen MR) is 395 cm³/mol. The summed E-state index contributed by atoms with van der Waals surface area (Å²) in [6.07, 6.45) is 0. The lowest BCUT2D eigenvalue weighted by molar-refractivity contribution is 0.418. The van der Waals surface area contributed by atoms with Crippen molar-refractivity contribution in [2.24, 2.45) is 0 Å². The summed E-state index contributed by atoms with van der Waals surface area (Å²) in [6, 6.07) is 111. The molecule has 0 radical (unpaired) electrons. The van der Waals surface area contributed by atoms with Gasteiger partial charge in [0.05, 0.1) is 11.4 Å². The van der Waals surface area contributed by atoms with E-state index >= 15 is 0 Å². The maximum Gasteiger partial charge on any atom is 0.252 e. The van der Waals surface area contributed by atoms with E-state index in [9.17, 15) is 0 Å². The molecule has 16 rings (SSSR count). The Bertz CT molecular complexity index is 4650. The first kappa shape index (κ1) is 57.5. The average Bonchev–Trinajstić information content (AvgIpc) is 0.688. The lowest BCUT2D eigenvalue weighted by Crippen LogP contribution is -2.61. The molecule has 0 N–H and O–H groups in total. The number of ether oxygens (including phenoxy) is 1. The molecule has 0 saturated heterocycles. The molecule has 93 heavy (non-hydrogen) atoms. The molecule has 0 bridgehead atoms. The van der Waals surface area contributed by atoms with Gasteiger partial charge in [-0.1, -0.05) is 292 Å². The summed E-state index contributed by atoms with van der Waals surface area (Å²) in [5, 5.41) is 0. The number of para-hydroxylation sites is 1. The number of rotatable bonds is 9. The standard InChI is InChI=1S/C89H73BN2O/c1-87(2,3)68-44-47-76-78(56-68)91(85-70(60-33-19-11-20-34-60)49-65(58-29-15-9-16-30-58)50-71(85)61-35-21-12-22-36-61)80-53-67(64-43-46-75-83(55-64)93-82-42-28-27-41-74(82)89(75,7)8)54-81-84(80)90(76)77-48-45-69(88(4,5)6)57-79(77)92(81)86-72(62-37-23-13-24-38-62)51-66(59-31-17-10-18-32-59)52-73(86)63-39-25-14-26-40-63/h9-57H,1-8H3. The van der Waals surface area contributed by atoms with Gasteiger partial charge in [0.25, 0.3) is 6.71 Å². The van der Waals surface area contributed by atoms with Crippen molar-refractivity contribution in [3.05, 3.63) is 320 Å². The topological polar surface area (TPSA) is 15.7 Å². The summed E-state index contributed by atoms with van der Waals surface area (Å²) in [5.41, 5.74) is 30.7. The Kier molecular flexibility index (Phi) is 13.8. The minimum atomic E-state index is -0.296. The molecule has 4 heteroatoms. The third-order valence-electron chi connectivity index (χ3n) is 19.8. The first-order valence-corrected chi connectivity index (χ1v) is 32.8. The van der Waals surface area contributed by atoms with E-state index in [1.807, 2.05) is 0 Å². The van der Waals surface area contributed by atoms with Gasteiger partial charge in [0.1, 0.15) is 11.5 Å². The smallest absolute Gasteiger partial charge is 0.252 e. The van der Waals surface area contributed by atoms with Crippen LogP contribution in [-0.2, 0) is 16.2 Å². The summed E-state index contributed by atoms with van der Waals surface area (Å²) in [5.74, 6) is 1.77. The van der Waals surface area contributed by atoms with Crippen molar-refractivity contribution in [3.63, 3.8) is 0 Å². The van der Waals surface area contributed by atoms with E-state index in [4.69, 9.17) is 4.74 Å². The molecular weight excluding hydrogens is 1120 g/mol. The van der Waals surface area contributed by atoms with Crippen LogP contribution >= 0.6 is 0 Å². The molecule has 3 heterocycles. The van der Waals surface area contributed by atoms with E-state index in [0.29, 0.717) is 0 Å². The summed E-state index contributed by atoms with van der Waals surface area (Å²) in [7, 11) is 0. The van der Waals surface area contributed by atoms with Crippen molar-refractivity contribution < 1.29 is 4.74 Å². The maximum atomic E-state index is 7.07. The molecule has 0 saturated carbocycles. The number of hydrogen-bond donors (Lipinski definition) is 0. The van der Waals surface area contributed by atoms with E-state index in [0.717, 1.165) is 118 Å². The number of anilines is 6. The van der Waals surface area contributed by atoms with Gasteiger partial charge in [-0.25, -0.2) is 0 Å². The fraction of sp³-hybridized carbons (Fsp3) is 0.124. The van der Waals surface area contributed by atoms with Gasteiger partial charge in [0.15, 0.2) is 0 Å². The lowest BCUT2D eigenvalue weighted by Gasteiger charge is -2.46. The van der Waals surface area contributed by atoms with Crippen LogP contribution in [0.3, 0.4) is 0 Å². The molecular formula is C89H73BN2O. The monoisotopic (exact) mass is 1200 g/mol. The summed E-state index contributed by atoms with van der Waals surface area (Å²) in [4.78, 5) is 5.39. The van der Waals surface area contributed by atoms with Crippen molar-refractivity contribution in [2.75, 3.05) is 9.80 Å². The predicted octanol–water partition coefficient (Wildman–Crippen LogP) is 22.5. The van der Waals surface area contributed by atoms with Gasteiger partial charge < -0.3 is 14.5 Å². The van der Waals surface area contributed by atoms with Crippen LogP contribution in [0.2, 0.25) is 0 Å². The molecule has 3 nitrogen and oxygen atoms in total. The van der Waals surface area contributed by atoms with Gasteiger partial charge in [-0.05, 0) is 155 Å². The third kappa shape index (κ3) is 9.90. The Labute approximate surface area is 549 Å². The minimum Gasteiger partial charge on any atom is -0.457 e. The highest BCUT2D eigenvalue weighted by atomic mass is 16.5. The van der Waals surface area contributed by atoms with Crippen LogP contribution < -0.4 is 30.9 Å². The van der Waals surface area contributed by atoms with Crippen LogP contribution in [0.15, 0.2) is 297 Å². The van der Waals surface area contributed by atoms with Gasteiger partial charge in [-0.3, -0.25) is 0 Å². The number of hydrogen-bond acceptors (Lipinski definition) is 3.